The van der Waals surface area contributed by atoms with E-state index in [-0.39, 0.29) is 16.4 Å². The highest BCUT2D eigenvalue weighted by Crippen LogP contribution is 2.16. The lowest BCUT2D eigenvalue weighted by atomic mass is 10.2. The highest BCUT2D eigenvalue weighted by Gasteiger charge is 2.12. The molecule has 0 saturated carbocycles. The number of nitrogens with zero attached hydrogens (tertiary/aromatic N) is 3. The molecule has 0 unspecified atom stereocenters. The maximum Gasteiger partial charge on any atom is 0.400 e. The van der Waals surface area contributed by atoms with E-state index >= 15 is 0 Å². The first-order chi connectivity index (χ1) is 9.09. The zero-order valence-electron chi connectivity index (χ0n) is 9.88. The predicted octanol–water partition coefficient (Wildman–Crippen LogP) is 2.40. The monoisotopic (exact) mass is 281 g/mol. The number of carbonyl (C=O) groups excluding carboxylic acids is 1. The summed E-state index contributed by atoms with van der Waals surface area (Å²) in [5.74, 6) is -1.20. The summed E-state index contributed by atoms with van der Waals surface area (Å²) in [7, 11) is 1.64. The largest absolute Gasteiger partial charge is 0.400 e. The summed E-state index contributed by atoms with van der Waals surface area (Å²) in [5.41, 5.74) is 0.0526. The molecule has 7 heteroatoms. The molecule has 0 aliphatic heterocycles. The Bertz CT molecular complexity index is 619. The van der Waals surface area contributed by atoms with Crippen molar-refractivity contribution in [3.63, 3.8) is 0 Å². The zero-order chi connectivity index (χ0) is 13.8. The average molecular weight is 282 g/mol. The Hall–Kier alpha value is -2.21. The Morgan fingerprint density at radius 3 is 3.00 bits per heavy atom. The number of aryl methyl sites for hydroxylation is 1. The summed E-state index contributed by atoms with van der Waals surface area (Å²) in [5, 5.41) is 3.59. The molecule has 2 rings (SSSR count). The lowest BCUT2D eigenvalue weighted by Gasteiger charge is -1.99. The van der Waals surface area contributed by atoms with Crippen molar-refractivity contribution < 1.29 is 14.0 Å². The van der Waals surface area contributed by atoms with Crippen LogP contribution in [0.25, 0.3) is 0 Å². The number of aromatic nitrogens is 2. The smallest absolute Gasteiger partial charge is 0.328 e. The van der Waals surface area contributed by atoms with E-state index in [1.54, 1.807) is 13.2 Å². The van der Waals surface area contributed by atoms with E-state index in [0.717, 1.165) is 6.21 Å². The fourth-order valence-corrected chi connectivity index (χ4v) is 1.58. The number of hydrogen-bond acceptors (Lipinski definition) is 4. The van der Waals surface area contributed by atoms with Crippen LogP contribution < -0.4 is 0 Å². The number of oxime groups is 1. The van der Waals surface area contributed by atoms with E-state index in [1.165, 1.54) is 29.0 Å². The minimum Gasteiger partial charge on any atom is -0.328 e. The van der Waals surface area contributed by atoms with E-state index in [2.05, 4.69) is 15.0 Å². The molecule has 1 aromatic heterocycles. The van der Waals surface area contributed by atoms with Gasteiger partial charge in [-0.2, -0.15) is 0 Å². The molecule has 2 aromatic rings. The second-order valence-electron chi connectivity index (χ2n) is 3.61. The van der Waals surface area contributed by atoms with Crippen LogP contribution in [0.5, 0.6) is 0 Å². The molecule has 0 aliphatic rings. The van der Waals surface area contributed by atoms with Crippen LogP contribution in [0.3, 0.4) is 0 Å². The highest BCUT2D eigenvalue weighted by molar-refractivity contribution is 6.33. The molecule has 0 amide bonds. The first-order valence-electron chi connectivity index (χ1n) is 5.25. The Kier molecular flexibility index (Phi) is 3.91. The van der Waals surface area contributed by atoms with Gasteiger partial charge in [0.1, 0.15) is 5.82 Å². The minimum atomic E-state index is -0.740. The van der Waals surface area contributed by atoms with Gasteiger partial charge in [-0.3, -0.25) is 0 Å². The van der Waals surface area contributed by atoms with E-state index < -0.39 is 11.8 Å². The molecule has 19 heavy (non-hydrogen) atoms. The molecule has 1 aromatic carbocycles. The van der Waals surface area contributed by atoms with Crippen molar-refractivity contribution in [2.75, 3.05) is 0 Å². The standard InChI is InChI=1S/C12H9ClFN3O2/c1-17-6-5-15-11(17)12(18)19-16-7-8-9(13)3-2-4-10(8)14/h2-7H,1H3. The molecule has 0 radical (unpaired) electrons. The Morgan fingerprint density at radius 1 is 1.58 bits per heavy atom. The summed E-state index contributed by atoms with van der Waals surface area (Å²) in [6, 6.07) is 4.20. The lowest BCUT2D eigenvalue weighted by Crippen LogP contribution is -2.08. The lowest BCUT2D eigenvalue weighted by molar-refractivity contribution is 0.0500. The van der Waals surface area contributed by atoms with Gasteiger partial charge in [-0.1, -0.05) is 22.8 Å². The van der Waals surface area contributed by atoms with Crippen LogP contribution in [0.4, 0.5) is 4.39 Å². The normalized spacial score (nSPS) is 10.9. The van der Waals surface area contributed by atoms with Gasteiger partial charge in [0.2, 0.25) is 5.82 Å². The van der Waals surface area contributed by atoms with E-state index in [0.29, 0.717) is 0 Å². The fourth-order valence-electron chi connectivity index (χ4n) is 1.36. The fraction of sp³-hybridized carbons (Fsp3) is 0.0833. The zero-order valence-corrected chi connectivity index (χ0v) is 10.6. The summed E-state index contributed by atoms with van der Waals surface area (Å²) < 4.78 is 14.9. The van der Waals surface area contributed by atoms with Gasteiger partial charge in [0.15, 0.2) is 0 Å². The van der Waals surface area contributed by atoms with Gasteiger partial charge >= 0.3 is 5.97 Å². The van der Waals surface area contributed by atoms with Crippen LogP contribution in [0.15, 0.2) is 35.7 Å². The highest BCUT2D eigenvalue weighted by atomic mass is 35.5. The molecule has 0 saturated heterocycles. The number of imidazole rings is 1. The number of hydrogen-bond donors (Lipinski definition) is 0. The number of benzene rings is 1. The second kappa shape index (κ2) is 5.62. The topological polar surface area (TPSA) is 56.5 Å². The van der Waals surface area contributed by atoms with Gasteiger partial charge in [-0.05, 0) is 12.1 Å². The number of halogens is 2. The average Bonchev–Trinajstić information content (AvgIpc) is 2.79. The van der Waals surface area contributed by atoms with Crippen LogP contribution in [-0.4, -0.2) is 21.7 Å². The van der Waals surface area contributed by atoms with Crippen molar-refractivity contribution in [2.45, 2.75) is 0 Å². The van der Waals surface area contributed by atoms with Gasteiger partial charge in [0.25, 0.3) is 0 Å². The number of rotatable bonds is 3. The summed E-state index contributed by atoms with van der Waals surface area (Å²) in [6.45, 7) is 0. The van der Waals surface area contributed by atoms with Crippen LogP contribution in [0, 0.1) is 5.82 Å². The van der Waals surface area contributed by atoms with Crippen molar-refractivity contribution in [1.29, 1.82) is 0 Å². The third kappa shape index (κ3) is 2.97. The van der Waals surface area contributed by atoms with E-state index in [9.17, 15) is 9.18 Å². The Morgan fingerprint density at radius 2 is 2.37 bits per heavy atom. The molecular weight excluding hydrogens is 273 g/mol. The third-order valence-electron chi connectivity index (χ3n) is 2.32. The molecular formula is C12H9ClFN3O2. The first kappa shape index (κ1) is 13.2. The van der Waals surface area contributed by atoms with Crippen molar-refractivity contribution in [3.8, 4) is 0 Å². The Balaban J connectivity index is 2.09. The maximum absolute atomic E-state index is 13.4. The molecule has 0 bridgehead atoms. The van der Waals surface area contributed by atoms with Gasteiger partial charge in [-0.25, -0.2) is 14.2 Å². The van der Waals surface area contributed by atoms with Crippen LogP contribution in [-0.2, 0) is 11.9 Å². The van der Waals surface area contributed by atoms with Crippen molar-refractivity contribution in [2.24, 2.45) is 12.2 Å². The van der Waals surface area contributed by atoms with Crippen LogP contribution in [0.2, 0.25) is 5.02 Å². The van der Waals surface area contributed by atoms with Crippen molar-refractivity contribution in [1.82, 2.24) is 9.55 Å². The maximum atomic E-state index is 13.4. The SMILES string of the molecule is Cn1ccnc1C(=O)ON=Cc1c(F)cccc1Cl. The van der Waals surface area contributed by atoms with Crippen LogP contribution >= 0.6 is 11.6 Å². The predicted molar refractivity (Wildman–Crippen MR) is 67.6 cm³/mol. The quantitative estimate of drug-likeness (QED) is 0.493. The number of carbonyl (C=O) groups is 1. The van der Waals surface area contributed by atoms with E-state index in [1.807, 2.05) is 0 Å². The Labute approximate surface area is 113 Å². The summed E-state index contributed by atoms with van der Waals surface area (Å²) >= 11 is 5.78. The molecule has 1 heterocycles. The molecule has 0 spiro atoms. The first-order valence-corrected chi connectivity index (χ1v) is 5.63. The second-order valence-corrected chi connectivity index (χ2v) is 4.02. The van der Waals surface area contributed by atoms with Crippen molar-refractivity contribution in [3.05, 3.63) is 52.8 Å². The van der Waals surface area contributed by atoms with Gasteiger partial charge < -0.3 is 9.40 Å². The minimum absolute atomic E-state index is 0.0526. The van der Waals surface area contributed by atoms with Crippen molar-refractivity contribution >= 4 is 23.8 Å². The molecule has 0 fully saturated rings. The van der Waals surface area contributed by atoms with E-state index in [4.69, 9.17) is 11.6 Å². The summed E-state index contributed by atoms with van der Waals surface area (Å²) in [6.07, 6.45) is 4.08. The van der Waals surface area contributed by atoms with Gasteiger partial charge in [-0.15, -0.1) is 0 Å². The molecule has 0 aliphatic carbocycles. The third-order valence-corrected chi connectivity index (χ3v) is 2.65. The van der Waals surface area contributed by atoms with Crippen LogP contribution in [0.1, 0.15) is 16.2 Å². The molecule has 98 valence electrons. The summed E-state index contributed by atoms with van der Waals surface area (Å²) in [4.78, 5) is 19.9. The van der Waals surface area contributed by atoms with Gasteiger partial charge in [0.05, 0.1) is 16.8 Å². The molecule has 0 N–H and O–H groups in total. The molecule has 0 atom stereocenters. The molecule has 5 nitrogen and oxygen atoms in total. The van der Waals surface area contributed by atoms with Gasteiger partial charge in [0, 0.05) is 19.4 Å².